The summed E-state index contributed by atoms with van der Waals surface area (Å²) in [5.41, 5.74) is 17.8. The number of nitrogen functional groups attached to an aromatic ring is 1. The molecule has 15 rings (SSSR count). The van der Waals surface area contributed by atoms with Gasteiger partial charge in [-0.2, -0.15) is 0 Å². The zero-order valence-electron chi connectivity index (χ0n) is 81.8. The normalized spacial score (nSPS) is 25.6. The van der Waals surface area contributed by atoms with E-state index < -0.39 is 45.5 Å². The molecule has 5 saturated heterocycles. The van der Waals surface area contributed by atoms with Gasteiger partial charge in [0.2, 0.25) is 5.91 Å². The molecule has 0 saturated carbocycles. The van der Waals surface area contributed by atoms with Crippen molar-refractivity contribution in [3.63, 3.8) is 0 Å². The number of primary amides is 1. The smallest absolute Gasteiger partial charge is 0.252 e. The Morgan fingerprint density at radius 1 is 0.390 bits per heavy atom. The number of carbonyl (C=O) groups is 7. The minimum Gasteiger partial charge on any atom is -0.504 e. The molecule has 0 aromatic heterocycles. The average Bonchev–Trinajstić information content (AvgIpc) is 1.61. The Morgan fingerprint density at radius 3 is 0.941 bits per heavy atom. The number of fused-ring (bicyclic) bond motifs is 5. The first-order valence-electron chi connectivity index (χ1n) is 48.7. The first kappa shape index (κ1) is 108. The Bertz CT molecular complexity index is 5040. The minimum absolute atomic E-state index is 0. The Labute approximate surface area is 800 Å². The van der Waals surface area contributed by atoms with Crippen LogP contribution in [-0.2, 0) is 91.0 Å². The molecular weight excluding hydrogens is 1750 g/mol. The van der Waals surface area contributed by atoms with Gasteiger partial charge in [-0.25, -0.2) is 26.3 Å². The van der Waals surface area contributed by atoms with Crippen molar-refractivity contribution in [2.24, 2.45) is 64.9 Å². The lowest BCUT2D eigenvalue weighted by Crippen LogP contribution is -2.44. The lowest BCUT2D eigenvalue weighted by atomic mass is 9.68. The van der Waals surface area contributed by atoms with Crippen LogP contribution in [0.1, 0.15) is 263 Å². The second-order valence-electron chi connectivity index (χ2n) is 38.8. The van der Waals surface area contributed by atoms with Crippen LogP contribution in [0.5, 0.6) is 28.7 Å². The highest BCUT2D eigenvalue weighted by Crippen LogP contribution is 2.55. The largest absolute Gasteiger partial charge is 0.504 e. The minimum atomic E-state index is -0.659. The topological polar surface area (TPSA) is 287 Å². The maximum Gasteiger partial charge on any atom is 0.252 e. The Hall–Kier alpha value is -9.73. The van der Waals surface area contributed by atoms with Crippen LogP contribution in [0.15, 0.2) is 119 Å². The highest BCUT2D eigenvalue weighted by Gasteiger charge is 2.55. The molecule has 5 heterocycles. The van der Waals surface area contributed by atoms with Crippen molar-refractivity contribution in [3.05, 3.63) is 193 Å². The number of hydrogen-bond acceptors (Lipinski definition) is 18. The van der Waals surface area contributed by atoms with Crippen molar-refractivity contribution >= 4 is 52.1 Å². The monoisotopic (exact) mass is 1890 g/mol. The molecule has 5 fully saturated rings. The molecule has 15 atom stereocenters. The fourth-order valence-electron chi connectivity index (χ4n) is 22.9. The number of aryl methyl sites for hydroxylation is 1. The average molecular weight is 1900 g/mol. The predicted octanol–water partition coefficient (Wildman–Crippen LogP) is 22.1. The molecule has 10 aliphatic rings. The zero-order chi connectivity index (χ0) is 98.3. The van der Waals surface area contributed by atoms with Crippen molar-refractivity contribution < 1.29 is 108 Å². The summed E-state index contributed by atoms with van der Waals surface area (Å²) >= 11 is 0. The maximum absolute atomic E-state index is 14.8. The number of allylic oxidation sites excluding steroid dienone is 5. The van der Waals surface area contributed by atoms with Gasteiger partial charge in [-0.15, -0.1) is 0 Å². The van der Waals surface area contributed by atoms with Crippen LogP contribution in [0.4, 0.5) is 37.7 Å². The number of phenolic OH excluding ortho intramolecular Hbond substituents is 1. The van der Waals surface area contributed by atoms with E-state index in [-0.39, 0.29) is 153 Å². The molecule has 744 valence electrons. The van der Waals surface area contributed by atoms with Gasteiger partial charge < -0.3 is 64.5 Å². The number of ether oxygens (including phenoxy) is 9. The third-order valence-electron chi connectivity index (χ3n) is 30.2. The van der Waals surface area contributed by atoms with E-state index in [9.17, 15) is 65.0 Å². The summed E-state index contributed by atoms with van der Waals surface area (Å²) in [7, 11) is 5.69. The lowest BCUT2D eigenvalue weighted by Gasteiger charge is -2.41. The van der Waals surface area contributed by atoms with E-state index in [4.69, 9.17) is 54.1 Å². The second-order valence-corrected chi connectivity index (χ2v) is 38.8. The summed E-state index contributed by atoms with van der Waals surface area (Å²) in [4.78, 5) is 85.3. The van der Waals surface area contributed by atoms with Crippen LogP contribution < -0.4 is 35.7 Å². The fourth-order valence-corrected chi connectivity index (χ4v) is 22.9. The van der Waals surface area contributed by atoms with Gasteiger partial charge in [0.25, 0.3) is 5.91 Å². The number of halogens is 6. The molecule has 5 aliphatic heterocycles. The number of anilines is 2. The van der Waals surface area contributed by atoms with Gasteiger partial charge >= 0.3 is 0 Å². The number of rotatable bonds is 32. The van der Waals surface area contributed by atoms with Crippen LogP contribution in [0.3, 0.4) is 0 Å². The third-order valence-corrected chi connectivity index (χ3v) is 30.2. The van der Waals surface area contributed by atoms with Crippen LogP contribution >= 0.6 is 0 Å². The molecule has 0 spiro atoms. The summed E-state index contributed by atoms with van der Waals surface area (Å²) in [6.07, 6.45) is 27.5. The molecule has 2 amide bonds. The number of methoxy groups -OCH3 is 4. The fraction of sp³-hybridized carbons (Fsp3) is 0.573. The van der Waals surface area contributed by atoms with Crippen molar-refractivity contribution in [2.45, 2.75) is 285 Å². The molecule has 6 N–H and O–H groups in total. The van der Waals surface area contributed by atoms with E-state index in [0.717, 1.165) is 124 Å². The molecule has 5 aromatic rings. The zero-order valence-corrected chi connectivity index (χ0v) is 81.8. The standard InChI is InChI=1S/C23H30FNO4.C22H28F2O2.C22H28FNO4.C21H28FNO3.C21H27FO4.CH4/c1-5-6-16-13-23(18(7-8-29-23)11-21(16)27)14(2)9-17-10-20(25-15(3)26)22(28-4)12-19(17)24;1-4-6-16-13-22(18(7-8-26-22)12-21(16)25)14(3)9-17-11-19(23)15(5-2)10-20(17)24;1-4-5-14-12-22(16(6-7-28-22)10-19(14)25)13(2)8-15-9-17(21(24)26)20(27-3)11-18(15)23;1-4-5-14-12-21(16(6-7-26-21)10-19(14)24)13(2)8-15-9-18(23)20(25-3)11-17(15)22;1-4-5-14-12-21(16(6-7-26-21)10-18(14)23)13(2)8-15-9-19(24)20(25-3)11-17(15)22;/h10-12,14,16H,5-9,13H2,1-4H3,(H,25,26);10-12,14,16H,4-9,13H2,1-3H3;9-11,13-14H,4-8,12H2,1-3H3,(H2,24,26);9-11,13-14H,4-8,12,23H2,1-3H3;9-11,13-14,24H,4-8,12H2,1-3H3;1H4/t14?,16-,23+;14?,16-,22+;13?,14-,22+;2*13?,14-,21+;/m00000./s1. The Morgan fingerprint density at radius 2 is 0.647 bits per heavy atom. The molecule has 0 radical (unpaired) electrons. The van der Waals surface area contributed by atoms with Gasteiger partial charge in [0.05, 0.1) is 106 Å². The van der Waals surface area contributed by atoms with E-state index in [1.165, 1.54) is 83.9 Å². The SMILES string of the molecule is C.CCC[C@H]1C[C@]2(C(C)Cc3cc(C(N)=O)c(OC)cc3F)OCCC2=CC1=O.CCC[C@H]1C[C@]2(C(C)Cc3cc(F)c(CC)cc3F)OCCC2=CC1=O.CCC[C@H]1C[C@]2(C(C)Cc3cc(N)c(OC)cc3F)OCCC2=CC1=O.CCC[C@H]1C[C@]2(C(C)Cc3cc(NC(C)=O)c(OC)cc3F)OCCC2=CC1=O.CCC[C@H]1C[C@]2(C(C)Cc3cc(O)c(OC)cc3F)OCCC2=CC1=O. The highest BCUT2D eigenvalue weighted by molar-refractivity contribution is 5.98. The summed E-state index contributed by atoms with van der Waals surface area (Å²) < 4.78 is 138. The quantitative estimate of drug-likeness (QED) is 0.0230. The first-order chi connectivity index (χ1) is 64.3. The Balaban J connectivity index is 0.000000175. The highest BCUT2D eigenvalue weighted by atomic mass is 19.1. The van der Waals surface area contributed by atoms with Gasteiger partial charge in [0.15, 0.2) is 40.4 Å². The van der Waals surface area contributed by atoms with E-state index in [1.54, 1.807) is 42.5 Å². The maximum atomic E-state index is 14.8. The van der Waals surface area contributed by atoms with Gasteiger partial charge in [-0.3, -0.25) is 33.6 Å². The van der Waals surface area contributed by atoms with Gasteiger partial charge in [0.1, 0.15) is 52.2 Å². The summed E-state index contributed by atoms with van der Waals surface area (Å²) in [6, 6.07) is 13.9. The molecule has 5 aliphatic carbocycles. The number of nitrogens with two attached hydrogens (primary N) is 2. The second kappa shape index (κ2) is 47.3. The summed E-state index contributed by atoms with van der Waals surface area (Å²) in [5.74, 6) is -1.57. The number of amides is 2. The molecular formula is C110H145F6N3O17. The van der Waals surface area contributed by atoms with Crippen LogP contribution in [-0.4, -0.2) is 135 Å². The molecule has 26 heteroatoms. The number of aromatic hydroxyl groups is 1. The van der Waals surface area contributed by atoms with Gasteiger partial charge in [-0.05, 0) is 292 Å². The predicted molar refractivity (Wildman–Crippen MR) is 515 cm³/mol. The molecule has 20 nitrogen and oxygen atoms in total. The van der Waals surface area contributed by atoms with E-state index in [2.05, 4.69) is 53.8 Å². The van der Waals surface area contributed by atoms with E-state index in [1.807, 2.05) is 27.7 Å². The number of phenols is 1. The molecule has 5 aromatic carbocycles. The number of nitrogens with one attached hydrogen (secondary N) is 1. The van der Waals surface area contributed by atoms with Crippen molar-refractivity contribution in [1.82, 2.24) is 0 Å². The van der Waals surface area contributed by atoms with E-state index in [0.29, 0.717) is 154 Å². The Kier molecular flexibility index (Phi) is 37.7. The van der Waals surface area contributed by atoms with Gasteiger partial charge in [-0.1, -0.05) is 116 Å². The number of ketones is 5. The summed E-state index contributed by atoms with van der Waals surface area (Å²) in [6.45, 7) is 26.8. The summed E-state index contributed by atoms with van der Waals surface area (Å²) in [5, 5.41) is 12.7. The molecule has 5 unspecified atom stereocenters. The number of carbonyl (C=O) groups excluding carboxylic acids is 7. The van der Waals surface area contributed by atoms with Crippen molar-refractivity contribution in [1.29, 1.82) is 0 Å². The van der Waals surface area contributed by atoms with Crippen molar-refractivity contribution in [2.75, 3.05) is 72.5 Å². The number of hydrogen-bond donors (Lipinski definition) is 4. The molecule has 136 heavy (non-hydrogen) atoms. The first-order valence-corrected chi connectivity index (χ1v) is 48.7. The molecule has 0 bridgehead atoms. The van der Waals surface area contributed by atoms with E-state index >= 15 is 0 Å². The van der Waals surface area contributed by atoms with Crippen LogP contribution in [0.2, 0.25) is 0 Å². The third kappa shape index (κ3) is 23.5. The van der Waals surface area contributed by atoms with Crippen molar-refractivity contribution in [3.8, 4) is 28.7 Å². The lowest BCUT2D eigenvalue weighted by molar-refractivity contribution is -0.124. The van der Waals surface area contributed by atoms with Crippen LogP contribution in [0, 0.1) is 94.1 Å². The number of benzene rings is 5. The van der Waals surface area contributed by atoms with Gasteiger partial charge in [0, 0.05) is 60.8 Å². The van der Waals surface area contributed by atoms with Crippen LogP contribution in [0.25, 0.3) is 0 Å².